The molecule has 1 fully saturated rings. The molecule has 0 spiro atoms. The number of carboxylic acid groups (broad SMARTS) is 1. The summed E-state index contributed by atoms with van der Waals surface area (Å²) in [5.41, 5.74) is 0. The van der Waals surface area contributed by atoms with E-state index in [4.69, 9.17) is 0 Å². The van der Waals surface area contributed by atoms with E-state index < -0.39 is 12.0 Å². The summed E-state index contributed by atoms with van der Waals surface area (Å²) in [7, 11) is 0. The van der Waals surface area contributed by atoms with Crippen LogP contribution in [0.15, 0.2) is 0 Å². The highest BCUT2D eigenvalue weighted by molar-refractivity contribution is 7.99. The lowest BCUT2D eigenvalue weighted by atomic mass is 10.2. The maximum Gasteiger partial charge on any atom is 0.327 e. The standard InChI is InChI=1S/C12H22N2O3S/c1-4-5-13(9(2)3)12(17)14-6-7-18-8-10(14)11(15)16/h9-10H,4-8H2,1-3H3,(H,15,16). The lowest BCUT2D eigenvalue weighted by Crippen LogP contribution is -2.56. The number of carbonyl (C=O) groups excluding carboxylic acids is 1. The van der Waals surface area contributed by atoms with Gasteiger partial charge in [-0.2, -0.15) is 11.8 Å². The van der Waals surface area contributed by atoms with Crippen molar-refractivity contribution in [3.05, 3.63) is 0 Å². The Morgan fingerprint density at radius 3 is 2.67 bits per heavy atom. The molecule has 6 heteroatoms. The van der Waals surface area contributed by atoms with Crippen LogP contribution in [0.25, 0.3) is 0 Å². The van der Waals surface area contributed by atoms with Crippen LogP contribution < -0.4 is 0 Å². The van der Waals surface area contributed by atoms with E-state index in [0.29, 0.717) is 18.8 Å². The molecule has 1 aliphatic heterocycles. The van der Waals surface area contributed by atoms with Crippen LogP contribution in [0.3, 0.4) is 0 Å². The van der Waals surface area contributed by atoms with Crippen molar-refractivity contribution in [3.8, 4) is 0 Å². The summed E-state index contributed by atoms with van der Waals surface area (Å²) < 4.78 is 0. The number of nitrogens with zero attached hydrogens (tertiary/aromatic N) is 2. The van der Waals surface area contributed by atoms with Crippen molar-refractivity contribution in [1.82, 2.24) is 9.80 Å². The van der Waals surface area contributed by atoms with Gasteiger partial charge in [-0.05, 0) is 20.3 Å². The first-order valence-electron chi connectivity index (χ1n) is 6.36. The number of hydrogen-bond donors (Lipinski definition) is 1. The van der Waals surface area contributed by atoms with Gasteiger partial charge in [0.2, 0.25) is 0 Å². The fourth-order valence-corrected chi connectivity index (χ4v) is 3.06. The van der Waals surface area contributed by atoms with Crippen LogP contribution in [0.2, 0.25) is 0 Å². The molecule has 0 radical (unpaired) electrons. The van der Waals surface area contributed by atoms with Crippen LogP contribution in [0.5, 0.6) is 0 Å². The second-order valence-corrected chi connectivity index (χ2v) is 5.84. The molecule has 1 rings (SSSR count). The summed E-state index contributed by atoms with van der Waals surface area (Å²) in [5.74, 6) is 0.392. The Hall–Kier alpha value is -0.910. The highest BCUT2D eigenvalue weighted by Gasteiger charge is 2.35. The summed E-state index contributed by atoms with van der Waals surface area (Å²) in [6, 6.07) is -0.726. The molecule has 1 unspecified atom stereocenters. The van der Waals surface area contributed by atoms with E-state index >= 15 is 0 Å². The predicted octanol–water partition coefficient (Wildman–Crippen LogP) is 1.73. The lowest BCUT2D eigenvalue weighted by molar-refractivity contribution is -0.141. The summed E-state index contributed by atoms with van der Waals surface area (Å²) in [5, 5.41) is 9.18. The van der Waals surface area contributed by atoms with E-state index in [1.165, 1.54) is 4.90 Å². The monoisotopic (exact) mass is 274 g/mol. The Morgan fingerprint density at radius 1 is 1.50 bits per heavy atom. The van der Waals surface area contributed by atoms with Crippen molar-refractivity contribution in [2.45, 2.75) is 39.3 Å². The molecule has 5 nitrogen and oxygen atoms in total. The Bertz CT molecular complexity index is 310. The molecular formula is C12H22N2O3S. The van der Waals surface area contributed by atoms with Gasteiger partial charge in [0, 0.05) is 30.6 Å². The normalized spacial score (nSPS) is 20.0. The zero-order chi connectivity index (χ0) is 13.7. The molecule has 18 heavy (non-hydrogen) atoms. The minimum atomic E-state index is -0.907. The molecule has 1 saturated heterocycles. The van der Waals surface area contributed by atoms with Gasteiger partial charge in [-0.15, -0.1) is 0 Å². The van der Waals surface area contributed by atoms with E-state index in [-0.39, 0.29) is 12.1 Å². The number of amides is 2. The van der Waals surface area contributed by atoms with Gasteiger partial charge < -0.3 is 14.9 Å². The summed E-state index contributed by atoms with van der Waals surface area (Å²) in [6.07, 6.45) is 0.879. The highest BCUT2D eigenvalue weighted by atomic mass is 32.2. The number of hydrogen-bond acceptors (Lipinski definition) is 3. The fraction of sp³-hybridized carbons (Fsp3) is 0.833. The van der Waals surface area contributed by atoms with Crippen molar-refractivity contribution in [2.75, 3.05) is 24.6 Å². The van der Waals surface area contributed by atoms with Crippen LogP contribution in [0.4, 0.5) is 4.79 Å². The number of rotatable bonds is 4. The van der Waals surface area contributed by atoms with Crippen molar-refractivity contribution in [1.29, 1.82) is 0 Å². The van der Waals surface area contributed by atoms with Gasteiger partial charge >= 0.3 is 12.0 Å². The number of carbonyl (C=O) groups is 2. The molecule has 0 aromatic heterocycles. The van der Waals surface area contributed by atoms with Crippen LogP contribution >= 0.6 is 11.8 Å². The Morgan fingerprint density at radius 2 is 2.17 bits per heavy atom. The van der Waals surface area contributed by atoms with Gasteiger partial charge in [0.25, 0.3) is 0 Å². The Labute approximate surface area is 113 Å². The SMILES string of the molecule is CCCN(C(=O)N1CCSCC1C(=O)O)C(C)C. The summed E-state index contributed by atoms with van der Waals surface area (Å²) in [4.78, 5) is 26.9. The molecule has 0 aromatic rings. The van der Waals surface area contributed by atoms with Gasteiger partial charge in [-0.25, -0.2) is 9.59 Å². The van der Waals surface area contributed by atoms with E-state index in [1.807, 2.05) is 20.8 Å². The molecule has 1 heterocycles. The molecule has 1 N–H and O–H groups in total. The number of urea groups is 1. The molecule has 1 atom stereocenters. The average molecular weight is 274 g/mol. The van der Waals surface area contributed by atoms with Gasteiger partial charge in [0.15, 0.2) is 0 Å². The zero-order valence-electron chi connectivity index (χ0n) is 11.3. The third-order valence-electron chi connectivity index (χ3n) is 2.99. The van der Waals surface area contributed by atoms with E-state index in [0.717, 1.165) is 12.2 Å². The minimum Gasteiger partial charge on any atom is -0.480 e. The molecular weight excluding hydrogens is 252 g/mol. The number of thioether (sulfide) groups is 1. The molecule has 0 aromatic carbocycles. The maximum absolute atomic E-state index is 12.4. The van der Waals surface area contributed by atoms with Gasteiger partial charge in [-0.3, -0.25) is 0 Å². The largest absolute Gasteiger partial charge is 0.480 e. The van der Waals surface area contributed by atoms with Gasteiger partial charge in [0.1, 0.15) is 6.04 Å². The van der Waals surface area contributed by atoms with Crippen LogP contribution in [-0.2, 0) is 4.79 Å². The first-order valence-corrected chi connectivity index (χ1v) is 7.52. The minimum absolute atomic E-state index is 0.0986. The van der Waals surface area contributed by atoms with Crippen LogP contribution in [0, 0.1) is 0 Å². The molecule has 0 saturated carbocycles. The molecule has 1 aliphatic rings. The summed E-state index contributed by atoms with van der Waals surface area (Å²) >= 11 is 1.59. The lowest BCUT2D eigenvalue weighted by Gasteiger charge is -2.38. The average Bonchev–Trinajstić information content (AvgIpc) is 2.34. The smallest absolute Gasteiger partial charge is 0.327 e. The molecule has 0 bridgehead atoms. The van der Waals surface area contributed by atoms with Crippen molar-refractivity contribution < 1.29 is 14.7 Å². The molecule has 104 valence electrons. The number of aliphatic carboxylic acids is 1. The first kappa shape index (κ1) is 15.1. The Balaban J connectivity index is 2.80. The predicted molar refractivity (Wildman–Crippen MR) is 73.0 cm³/mol. The first-order chi connectivity index (χ1) is 8.49. The molecule has 0 aliphatic carbocycles. The van der Waals surface area contributed by atoms with E-state index in [1.54, 1.807) is 16.7 Å². The third kappa shape index (κ3) is 3.54. The quantitative estimate of drug-likeness (QED) is 0.848. The second-order valence-electron chi connectivity index (χ2n) is 4.69. The van der Waals surface area contributed by atoms with E-state index in [9.17, 15) is 14.7 Å². The fourth-order valence-electron chi connectivity index (χ4n) is 2.02. The van der Waals surface area contributed by atoms with Crippen molar-refractivity contribution in [3.63, 3.8) is 0 Å². The van der Waals surface area contributed by atoms with E-state index in [2.05, 4.69) is 0 Å². The van der Waals surface area contributed by atoms with Crippen molar-refractivity contribution >= 4 is 23.8 Å². The molecule has 2 amide bonds. The second kappa shape index (κ2) is 6.87. The topological polar surface area (TPSA) is 60.9 Å². The maximum atomic E-state index is 12.4. The highest BCUT2D eigenvalue weighted by Crippen LogP contribution is 2.19. The zero-order valence-corrected chi connectivity index (χ0v) is 12.1. The Kier molecular flexibility index (Phi) is 5.78. The van der Waals surface area contributed by atoms with Crippen molar-refractivity contribution in [2.24, 2.45) is 0 Å². The van der Waals surface area contributed by atoms with Gasteiger partial charge in [-0.1, -0.05) is 6.92 Å². The third-order valence-corrected chi connectivity index (χ3v) is 4.02. The van der Waals surface area contributed by atoms with Gasteiger partial charge in [0.05, 0.1) is 0 Å². The summed E-state index contributed by atoms with van der Waals surface area (Å²) in [6.45, 7) is 7.13. The number of carboxylic acids is 1. The van der Waals surface area contributed by atoms with Crippen LogP contribution in [0.1, 0.15) is 27.2 Å². The van der Waals surface area contributed by atoms with Crippen LogP contribution in [-0.4, -0.2) is 63.6 Å².